The van der Waals surface area contributed by atoms with Crippen LogP contribution >= 0.6 is 0 Å². The number of hydrogen-bond acceptors (Lipinski definition) is 5. The molecule has 1 saturated carbocycles. The van der Waals surface area contributed by atoms with Gasteiger partial charge in [0.15, 0.2) is 0 Å². The van der Waals surface area contributed by atoms with E-state index in [0.717, 1.165) is 30.2 Å². The highest BCUT2D eigenvalue weighted by Gasteiger charge is 2.44. The molecule has 194 valence electrons. The number of benzene rings is 2. The molecule has 3 atom stereocenters. The summed E-state index contributed by atoms with van der Waals surface area (Å²) in [6.07, 6.45) is 4.91. The number of aliphatic hydroxyl groups excluding tert-OH is 1. The lowest BCUT2D eigenvalue weighted by Crippen LogP contribution is -2.53. The summed E-state index contributed by atoms with van der Waals surface area (Å²) in [5.74, 6) is -2.10. The summed E-state index contributed by atoms with van der Waals surface area (Å²) >= 11 is 0. The van der Waals surface area contributed by atoms with Crippen LogP contribution in [0.1, 0.15) is 36.8 Å². The van der Waals surface area contributed by atoms with Gasteiger partial charge in [-0.1, -0.05) is 12.1 Å². The third-order valence-corrected chi connectivity index (χ3v) is 7.05. The van der Waals surface area contributed by atoms with Crippen molar-refractivity contribution in [1.29, 1.82) is 0 Å². The van der Waals surface area contributed by atoms with Crippen LogP contribution in [0, 0.1) is 11.6 Å². The van der Waals surface area contributed by atoms with Gasteiger partial charge in [0.1, 0.15) is 17.7 Å². The Labute approximate surface area is 213 Å². The molecular weight excluding hydrogens is 480 g/mol. The van der Waals surface area contributed by atoms with E-state index in [1.807, 2.05) is 30.5 Å². The SMILES string of the molecule is O=C1CCC(C(=O)NC(Cc2cc(F)cc(F)c2)C(O)CNC2(c3cccc(-n4cccn4)c3)CC2)N1. The Morgan fingerprint density at radius 2 is 1.97 bits per heavy atom. The Morgan fingerprint density at radius 3 is 2.62 bits per heavy atom. The second-order valence-electron chi connectivity index (χ2n) is 9.79. The summed E-state index contributed by atoms with van der Waals surface area (Å²) in [5, 5.41) is 24.3. The molecule has 2 fully saturated rings. The largest absolute Gasteiger partial charge is 0.390 e. The second-order valence-corrected chi connectivity index (χ2v) is 9.79. The van der Waals surface area contributed by atoms with Gasteiger partial charge in [-0.3, -0.25) is 9.59 Å². The summed E-state index contributed by atoms with van der Waals surface area (Å²) < 4.78 is 29.4. The molecule has 2 aliphatic rings. The minimum absolute atomic E-state index is 0.0196. The van der Waals surface area contributed by atoms with Crippen LogP contribution in [0.5, 0.6) is 0 Å². The Balaban J connectivity index is 1.29. The van der Waals surface area contributed by atoms with Crippen molar-refractivity contribution in [3.63, 3.8) is 0 Å². The van der Waals surface area contributed by atoms with Gasteiger partial charge in [-0.05, 0) is 67.1 Å². The molecule has 0 spiro atoms. The van der Waals surface area contributed by atoms with Gasteiger partial charge < -0.3 is 21.1 Å². The zero-order chi connectivity index (χ0) is 26.0. The van der Waals surface area contributed by atoms with E-state index in [4.69, 9.17) is 0 Å². The fraction of sp³-hybridized carbons (Fsp3) is 0.370. The molecule has 10 heteroatoms. The van der Waals surface area contributed by atoms with Gasteiger partial charge in [-0.25, -0.2) is 13.5 Å². The van der Waals surface area contributed by atoms with Crippen molar-refractivity contribution in [2.24, 2.45) is 0 Å². The molecule has 5 rings (SSSR count). The van der Waals surface area contributed by atoms with Gasteiger partial charge in [0.2, 0.25) is 11.8 Å². The number of aromatic nitrogens is 2. The first-order chi connectivity index (χ1) is 17.8. The maximum Gasteiger partial charge on any atom is 0.242 e. The van der Waals surface area contributed by atoms with Crippen molar-refractivity contribution in [3.05, 3.63) is 83.7 Å². The van der Waals surface area contributed by atoms with Crippen molar-refractivity contribution in [2.75, 3.05) is 6.54 Å². The van der Waals surface area contributed by atoms with Gasteiger partial charge in [0.05, 0.1) is 17.8 Å². The molecule has 1 aromatic heterocycles. The lowest BCUT2D eigenvalue weighted by atomic mass is 9.98. The highest BCUT2D eigenvalue weighted by Crippen LogP contribution is 2.45. The molecular formula is C27H29F2N5O3. The third-order valence-electron chi connectivity index (χ3n) is 7.05. The molecule has 0 bridgehead atoms. The first-order valence-corrected chi connectivity index (χ1v) is 12.4. The van der Waals surface area contributed by atoms with Crippen LogP contribution in [0.2, 0.25) is 0 Å². The number of nitrogens with zero attached hydrogens (tertiary/aromatic N) is 2. The molecule has 1 aliphatic carbocycles. The van der Waals surface area contributed by atoms with E-state index in [-0.39, 0.29) is 30.8 Å². The molecule has 8 nitrogen and oxygen atoms in total. The van der Waals surface area contributed by atoms with Crippen LogP contribution in [0.15, 0.2) is 60.9 Å². The van der Waals surface area contributed by atoms with Crippen molar-refractivity contribution >= 4 is 11.8 Å². The minimum atomic E-state index is -1.06. The number of rotatable bonds is 10. The quantitative estimate of drug-likeness (QED) is 0.335. The molecule has 2 amide bonds. The molecule has 3 unspecified atom stereocenters. The van der Waals surface area contributed by atoms with Crippen LogP contribution in [0.25, 0.3) is 5.69 Å². The zero-order valence-electron chi connectivity index (χ0n) is 20.2. The smallest absolute Gasteiger partial charge is 0.242 e. The Kier molecular flexibility index (Phi) is 7.03. The standard InChI is InChI=1S/C27H29F2N5O3/c28-19-11-17(12-20(29)15-19)13-23(33-26(37)22-5-6-25(36)32-22)24(35)16-30-27(7-8-27)18-3-1-4-21(14-18)34-10-2-9-31-34/h1-4,9-12,14-15,22-24,30,35H,5-8,13,16H2,(H,32,36)(H,33,37). The van der Waals surface area contributed by atoms with E-state index in [1.165, 1.54) is 12.1 Å². The fourth-order valence-electron chi connectivity index (χ4n) is 4.86. The van der Waals surface area contributed by atoms with E-state index >= 15 is 0 Å². The minimum Gasteiger partial charge on any atom is -0.390 e. The van der Waals surface area contributed by atoms with Crippen LogP contribution in [0.3, 0.4) is 0 Å². The molecule has 37 heavy (non-hydrogen) atoms. The molecule has 4 N–H and O–H groups in total. The predicted molar refractivity (Wildman–Crippen MR) is 132 cm³/mol. The third kappa shape index (κ3) is 5.86. The topological polar surface area (TPSA) is 108 Å². The number of nitrogens with one attached hydrogen (secondary N) is 3. The van der Waals surface area contributed by atoms with Crippen LogP contribution in [-0.2, 0) is 21.5 Å². The van der Waals surface area contributed by atoms with Crippen molar-refractivity contribution in [2.45, 2.75) is 55.8 Å². The molecule has 2 heterocycles. The van der Waals surface area contributed by atoms with Crippen LogP contribution in [-0.4, -0.2) is 51.4 Å². The van der Waals surface area contributed by atoms with Gasteiger partial charge in [0.25, 0.3) is 0 Å². The number of aliphatic hydroxyl groups is 1. The molecule has 3 aromatic rings. The average molecular weight is 510 g/mol. The number of carbonyl (C=O) groups is 2. The van der Waals surface area contributed by atoms with E-state index in [0.29, 0.717) is 12.0 Å². The van der Waals surface area contributed by atoms with Gasteiger partial charge in [-0.15, -0.1) is 0 Å². The predicted octanol–water partition coefficient (Wildman–Crippen LogP) is 2.10. The van der Waals surface area contributed by atoms with E-state index in [9.17, 15) is 23.5 Å². The van der Waals surface area contributed by atoms with Crippen molar-refractivity contribution in [3.8, 4) is 5.69 Å². The van der Waals surface area contributed by atoms with Crippen LogP contribution in [0.4, 0.5) is 8.78 Å². The van der Waals surface area contributed by atoms with E-state index in [1.54, 1.807) is 10.9 Å². The maximum absolute atomic E-state index is 13.8. The highest BCUT2D eigenvalue weighted by atomic mass is 19.1. The molecule has 1 saturated heterocycles. The Morgan fingerprint density at radius 1 is 1.19 bits per heavy atom. The van der Waals surface area contributed by atoms with Gasteiger partial charge in [-0.2, -0.15) is 5.10 Å². The fourth-order valence-corrected chi connectivity index (χ4v) is 4.86. The summed E-state index contributed by atoms with van der Waals surface area (Å²) in [6, 6.07) is 11.5. The number of hydrogen-bond donors (Lipinski definition) is 4. The van der Waals surface area contributed by atoms with Crippen LogP contribution < -0.4 is 16.0 Å². The first-order valence-electron chi connectivity index (χ1n) is 12.4. The second kappa shape index (κ2) is 10.4. The highest BCUT2D eigenvalue weighted by molar-refractivity contribution is 5.90. The summed E-state index contributed by atoms with van der Waals surface area (Å²) in [7, 11) is 0. The summed E-state index contributed by atoms with van der Waals surface area (Å²) in [5.41, 5.74) is 1.98. The number of amides is 2. The molecule has 0 radical (unpaired) electrons. The number of halogens is 2. The zero-order valence-corrected chi connectivity index (χ0v) is 20.2. The first kappa shape index (κ1) is 25.0. The van der Waals surface area contributed by atoms with Gasteiger partial charge >= 0.3 is 0 Å². The van der Waals surface area contributed by atoms with Gasteiger partial charge in [0, 0.05) is 37.0 Å². The molecule has 1 aliphatic heterocycles. The normalized spacial score (nSPS) is 19.8. The average Bonchev–Trinajstić information content (AvgIpc) is 3.23. The molecule has 2 aromatic carbocycles. The lowest BCUT2D eigenvalue weighted by molar-refractivity contribution is -0.126. The van der Waals surface area contributed by atoms with E-state index < -0.39 is 35.7 Å². The maximum atomic E-state index is 13.8. The lowest BCUT2D eigenvalue weighted by Gasteiger charge is -2.28. The monoisotopic (exact) mass is 509 g/mol. The summed E-state index contributed by atoms with van der Waals surface area (Å²) in [6.45, 7) is 0.145. The Bertz CT molecular complexity index is 1260. The van der Waals surface area contributed by atoms with Crippen molar-refractivity contribution in [1.82, 2.24) is 25.7 Å². The van der Waals surface area contributed by atoms with Crippen molar-refractivity contribution < 1.29 is 23.5 Å². The number of carbonyl (C=O) groups excluding carboxylic acids is 2. The van der Waals surface area contributed by atoms with E-state index in [2.05, 4.69) is 27.1 Å². The summed E-state index contributed by atoms with van der Waals surface area (Å²) in [4.78, 5) is 24.4. The Hall–Kier alpha value is -3.63.